The van der Waals surface area contributed by atoms with Gasteiger partial charge in [0.15, 0.2) is 0 Å². The van der Waals surface area contributed by atoms with Gasteiger partial charge in [-0.15, -0.1) is 5.10 Å². The van der Waals surface area contributed by atoms with E-state index in [9.17, 15) is 0 Å². The molecule has 0 spiro atoms. The van der Waals surface area contributed by atoms with Gasteiger partial charge in [0.1, 0.15) is 5.75 Å². The molecule has 1 aromatic carbocycles. The van der Waals surface area contributed by atoms with E-state index < -0.39 is 0 Å². The van der Waals surface area contributed by atoms with E-state index in [4.69, 9.17) is 27.8 Å². The van der Waals surface area contributed by atoms with Crippen molar-refractivity contribution in [2.24, 2.45) is 21.7 Å². The Balaban J connectivity index is 3.15. The summed E-state index contributed by atoms with van der Waals surface area (Å²) in [7, 11) is 1.54. The van der Waals surface area contributed by atoms with E-state index in [2.05, 4.69) is 26.1 Å². The van der Waals surface area contributed by atoms with Gasteiger partial charge >= 0.3 is 0 Å². The molecule has 0 heterocycles. The van der Waals surface area contributed by atoms with Gasteiger partial charge in [-0.1, -0.05) is 11.6 Å². The fourth-order valence-electron chi connectivity index (χ4n) is 1.00. The molecule has 0 amide bonds. The smallest absolute Gasteiger partial charge is 0.211 e. The number of methoxy groups -OCH3 is 1. The molecule has 0 atom stereocenters. The van der Waals surface area contributed by atoms with Crippen molar-refractivity contribution in [2.75, 3.05) is 7.11 Å². The first-order valence-electron chi connectivity index (χ1n) is 4.20. The van der Waals surface area contributed by atoms with Crippen molar-refractivity contribution in [3.63, 3.8) is 0 Å². The Bertz CT molecular complexity index is 443. The largest absolute Gasteiger partial charge is 0.496 e. The molecule has 16 heavy (non-hydrogen) atoms. The highest BCUT2D eigenvalue weighted by Crippen LogP contribution is 2.31. The Morgan fingerprint density at radius 1 is 1.50 bits per heavy atom. The highest BCUT2D eigenvalue weighted by atomic mass is 79.9. The lowest BCUT2D eigenvalue weighted by Gasteiger charge is -2.06. The Morgan fingerprint density at radius 3 is 2.75 bits per heavy atom. The van der Waals surface area contributed by atoms with Crippen molar-refractivity contribution < 1.29 is 4.74 Å². The average molecular weight is 306 g/mol. The number of rotatable bonds is 3. The number of hydrogen-bond donors (Lipinski definition) is 2. The van der Waals surface area contributed by atoms with Crippen molar-refractivity contribution in [1.29, 1.82) is 0 Å². The molecule has 5 nitrogen and oxygen atoms in total. The summed E-state index contributed by atoms with van der Waals surface area (Å²) in [6, 6.07) is 3.53. The van der Waals surface area contributed by atoms with Crippen LogP contribution in [0.1, 0.15) is 5.56 Å². The molecule has 7 heteroatoms. The molecule has 0 aliphatic heterocycles. The minimum Gasteiger partial charge on any atom is -0.496 e. The summed E-state index contributed by atoms with van der Waals surface area (Å²) in [5.74, 6) is 0.462. The number of nitrogens with zero attached hydrogens (tertiary/aromatic N) is 2. The molecule has 0 aromatic heterocycles. The second-order valence-corrected chi connectivity index (χ2v) is 3.98. The van der Waals surface area contributed by atoms with E-state index in [0.717, 1.165) is 4.47 Å². The number of halogens is 2. The first kappa shape index (κ1) is 12.8. The van der Waals surface area contributed by atoms with E-state index in [1.165, 1.54) is 13.3 Å². The molecule has 0 aliphatic carbocycles. The maximum absolute atomic E-state index is 6.06. The lowest BCUT2D eigenvalue weighted by Crippen LogP contribution is -2.21. The predicted octanol–water partition coefficient (Wildman–Crippen LogP) is 1.72. The fourth-order valence-corrected chi connectivity index (χ4v) is 1.55. The molecule has 86 valence electrons. The van der Waals surface area contributed by atoms with Crippen LogP contribution in [-0.2, 0) is 0 Å². The van der Waals surface area contributed by atoms with E-state index in [-0.39, 0.29) is 5.96 Å². The Hall–Kier alpha value is -1.27. The predicted molar refractivity (Wildman–Crippen MR) is 69.1 cm³/mol. The number of nitrogens with two attached hydrogens (primary N) is 2. The average Bonchev–Trinajstić information content (AvgIpc) is 2.24. The Kier molecular flexibility index (Phi) is 4.57. The number of ether oxygens (including phenoxy) is 1. The molecule has 0 radical (unpaired) electrons. The first-order chi connectivity index (χ1) is 7.56. The number of hydrogen-bond acceptors (Lipinski definition) is 3. The van der Waals surface area contributed by atoms with Gasteiger partial charge in [-0.05, 0) is 28.1 Å². The minimum absolute atomic E-state index is 0.124. The molecule has 1 aromatic rings. The minimum atomic E-state index is -0.124. The third-order valence-corrected chi connectivity index (χ3v) is 2.97. The van der Waals surface area contributed by atoms with Gasteiger partial charge in [0.25, 0.3) is 0 Å². The summed E-state index contributed by atoms with van der Waals surface area (Å²) in [6.07, 6.45) is 1.42. The van der Waals surface area contributed by atoms with E-state index >= 15 is 0 Å². The van der Waals surface area contributed by atoms with Gasteiger partial charge in [0.2, 0.25) is 5.96 Å². The molecule has 0 saturated carbocycles. The molecule has 0 unspecified atom stereocenters. The van der Waals surface area contributed by atoms with Crippen LogP contribution in [-0.4, -0.2) is 19.3 Å². The van der Waals surface area contributed by atoms with Crippen LogP contribution in [0.5, 0.6) is 5.75 Å². The van der Waals surface area contributed by atoms with Crippen LogP contribution in [0.25, 0.3) is 0 Å². The van der Waals surface area contributed by atoms with E-state index in [0.29, 0.717) is 16.3 Å². The summed E-state index contributed by atoms with van der Waals surface area (Å²) in [5, 5.41) is 7.64. The van der Waals surface area contributed by atoms with Crippen LogP contribution in [0.2, 0.25) is 5.02 Å². The van der Waals surface area contributed by atoms with Crippen molar-refractivity contribution in [2.45, 2.75) is 0 Å². The van der Waals surface area contributed by atoms with Crippen molar-refractivity contribution in [3.05, 3.63) is 27.2 Å². The van der Waals surface area contributed by atoms with Crippen molar-refractivity contribution in [3.8, 4) is 5.75 Å². The van der Waals surface area contributed by atoms with Crippen LogP contribution in [0, 0.1) is 0 Å². The molecule has 0 saturated heterocycles. The zero-order chi connectivity index (χ0) is 12.1. The van der Waals surface area contributed by atoms with Gasteiger partial charge < -0.3 is 16.2 Å². The number of guanidine groups is 1. The van der Waals surface area contributed by atoms with E-state index in [1.807, 2.05) is 0 Å². The quantitative estimate of drug-likeness (QED) is 0.506. The standard InChI is InChI=1S/C9H10BrClN4O/c1-16-7-3-2-6(10)8(11)5(7)4-14-15-9(12)13/h2-4H,1H3,(H4,12,13,15). The molecular formula is C9H10BrClN4O. The lowest BCUT2D eigenvalue weighted by atomic mass is 10.2. The lowest BCUT2D eigenvalue weighted by molar-refractivity contribution is 0.414. The third kappa shape index (κ3) is 3.11. The van der Waals surface area contributed by atoms with Crippen molar-refractivity contribution in [1.82, 2.24) is 0 Å². The molecule has 0 aliphatic rings. The summed E-state index contributed by atoms with van der Waals surface area (Å²) >= 11 is 9.36. The van der Waals surface area contributed by atoms with Crippen LogP contribution in [0.4, 0.5) is 0 Å². The molecule has 1 rings (SSSR count). The van der Waals surface area contributed by atoms with Gasteiger partial charge in [0, 0.05) is 4.47 Å². The van der Waals surface area contributed by atoms with Crippen LogP contribution < -0.4 is 16.2 Å². The Morgan fingerprint density at radius 2 is 2.19 bits per heavy atom. The maximum atomic E-state index is 6.06. The monoisotopic (exact) mass is 304 g/mol. The second-order valence-electron chi connectivity index (χ2n) is 2.75. The van der Waals surface area contributed by atoms with E-state index in [1.54, 1.807) is 12.1 Å². The van der Waals surface area contributed by atoms with Gasteiger partial charge in [-0.25, -0.2) is 0 Å². The number of benzene rings is 1. The normalized spacial score (nSPS) is 10.4. The highest BCUT2D eigenvalue weighted by Gasteiger charge is 2.08. The molecule has 4 N–H and O–H groups in total. The topological polar surface area (TPSA) is 86.0 Å². The Labute approximate surface area is 106 Å². The van der Waals surface area contributed by atoms with Crippen LogP contribution in [0.15, 0.2) is 26.8 Å². The SMILES string of the molecule is COc1ccc(Br)c(Cl)c1C=NN=C(N)N. The van der Waals surface area contributed by atoms with Crippen LogP contribution >= 0.6 is 27.5 Å². The second kappa shape index (κ2) is 5.72. The van der Waals surface area contributed by atoms with Crippen molar-refractivity contribution >= 4 is 39.7 Å². The van der Waals surface area contributed by atoms with Gasteiger partial charge in [-0.3, -0.25) is 0 Å². The molecular weight excluding hydrogens is 295 g/mol. The van der Waals surface area contributed by atoms with Gasteiger partial charge in [0.05, 0.1) is 23.9 Å². The molecule has 0 fully saturated rings. The highest BCUT2D eigenvalue weighted by molar-refractivity contribution is 9.10. The zero-order valence-electron chi connectivity index (χ0n) is 8.45. The first-order valence-corrected chi connectivity index (χ1v) is 5.37. The maximum Gasteiger partial charge on any atom is 0.211 e. The third-order valence-electron chi connectivity index (χ3n) is 1.67. The van der Waals surface area contributed by atoms with Gasteiger partial charge in [-0.2, -0.15) is 5.10 Å². The molecule has 0 bridgehead atoms. The fraction of sp³-hybridized carbons (Fsp3) is 0.111. The zero-order valence-corrected chi connectivity index (χ0v) is 10.8. The summed E-state index contributed by atoms with van der Waals surface area (Å²) < 4.78 is 5.87. The summed E-state index contributed by atoms with van der Waals surface area (Å²) in [6.45, 7) is 0. The van der Waals surface area contributed by atoms with Crippen LogP contribution in [0.3, 0.4) is 0 Å². The summed E-state index contributed by atoms with van der Waals surface area (Å²) in [5.41, 5.74) is 10.9. The summed E-state index contributed by atoms with van der Waals surface area (Å²) in [4.78, 5) is 0.